The van der Waals surface area contributed by atoms with Crippen molar-refractivity contribution in [2.75, 3.05) is 6.54 Å². The summed E-state index contributed by atoms with van der Waals surface area (Å²) >= 11 is 1.71. The maximum absolute atomic E-state index is 11.3. The lowest BCUT2D eigenvalue weighted by Gasteiger charge is -2.13. The van der Waals surface area contributed by atoms with Crippen LogP contribution in [0, 0.1) is 6.92 Å². The molecular formula is C15H18N4OS. The van der Waals surface area contributed by atoms with Gasteiger partial charge in [-0.2, -0.15) is 0 Å². The molecule has 0 aliphatic rings. The number of nitrogens with one attached hydrogen (secondary N) is 3. The predicted octanol–water partition coefficient (Wildman–Crippen LogP) is 2.51. The number of imidazole rings is 1. The second kappa shape index (κ2) is 5.83. The fourth-order valence-electron chi connectivity index (χ4n) is 2.35. The minimum absolute atomic E-state index is 0.165. The van der Waals surface area contributed by atoms with Gasteiger partial charge in [0, 0.05) is 30.1 Å². The molecule has 1 unspecified atom stereocenters. The molecule has 0 amide bonds. The minimum Gasteiger partial charge on any atom is -0.310 e. The Morgan fingerprint density at radius 1 is 1.33 bits per heavy atom. The summed E-state index contributed by atoms with van der Waals surface area (Å²) in [6.07, 6.45) is 0.937. The third-order valence-electron chi connectivity index (χ3n) is 3.50. The van der Waals surface area contributed by atoms with Crippen molar-refractivity contribution in [1.29, 1.82) is 0 Å². The van der Waals surface area contributed by atoms with Gasteiger partial charge in [-0.05, 0) is 31.5 Å². The SMILES string of the molecule is Cc1csc(CCNC(C)c2ccc3[nH]c(=O)[nH]c3c2)n1. The van der Waals surface area contributed by atoms with Crippen molar-refractivity contribution in [1.82, 2.24) is 20.3 Å². The van der Waals surface area contributed by atoms with Crippen LogP contribution >= 0.6 is 11.3 Å². The molecule has 0 fully saturated rings. The highest BCUT2D eigenvalue weighted by molar-refractivity contribution is 7.09. The van der Waals surface area contributed by atoms with Crippen LogP contribution in [0.3, 0.4) is 0 Å². The van der Waals surface area contributed by atoms with E-state index < -0.39 is 0 Å². The molecule has 1 aromatic carbocycles. The van der Waals surface area contributed by atoms with Gasteiger partial charge in [-0.1, -0.05) is 6.07 Å². The van der Waals surface area contributed by atoms with Crippen molar-refractivity contribution in [3.05, 3.63) is 50.3 Å². The molecule has 5 nitrogen and oxygen atoms in total. The number of hydrogen-bond acceptors (Lipinski definition) is 4. The molecule has 110 valence electrons. The molecule has 0 spiro atoms. The summed E-state index contributed by atoms with van der Waals surface area (Å²) in [5, 5.41) is 6.74. The predicted molar refractivity (Wildman–Crippen MR) is 85.9 cm³/mol. The fourth-order valence-corrected chi connectivity index (χ4v) is 3.13. The van der Waals surface area contributed by atoms with Crippen LogP contribution in [0.2, 0.25) is 0 Å². The van der Waals surface area contributed by atoms with E-state index in [2.05, 4.69) is 32.6 Å². The Bertz CT molecular complexity index is 801. The van der Waals surface area contributed by atoms with Gasteiger partial charge in [-0.3, -0.25) is 0 Å². The lowest BCUT2D eigenvalue weighted by atomic mass is 10.1. The van der Waals surface area contributed by atoms with Crippen LogP contribution in [0.15, 0.2) is 28.4 Å². The average Bonchev–Trinajstić information content (AvgIpc) is 3.02. The van der Waals surface area contributed by atoms with E-state index in [1.807, 2.05) is 25.1 Å². The summed E-state index contributed by atoms with van der Waals surface area (Å²) in [6, 6.07) is 6.22. The van der Waals surface area contributed by atoms with Gasteiger partial charge in [0.2, 0.25) is 0 Å². The van der Waals surface area contributed by atoms with Gasteiger partial charge >= 0.3 is 5.69 Å². The third kappa shape index (κ3) is 3.22. The Kier molecular flexibility index (Phi) is 3.90. The van der Waals surface area contributed by atoms with Gasteiger partial charge in [0.05, 0.1) is 16.0 Å². The van der Waals surface area contributed by atoms with Crippen LogP contribution in [0.1, 0.15) is 29.2 Å². The van der Waals surface area contributed by atoms with Gasteiger partial charge in [0.15, 0.2) is 0 Å². The van der Waals surface area contributed by atoms with Crippen LogP contribution in [0.25, 0.3) is 11.0 Å². The van der Waals surface area contributed by atoms with Gasteiger partial charge in [-0.25, -0.2) is 9.78 Å². The van der Waals surface area contributed by atoms with Crippen molar-refractivity contribution in [3.8, 4) is 0 Å². The largest absolute Gasteiger partial charge is 0.323 e. The summed E-state index contributed by atoms with van der Waals surface area (Å²) in [6.45, 7) is 5.03. The fraction of sp³-hybridized carbons (Fsp3) is 0.333. The van der Waals surface area contributed by atoms with E-state index in [0.29, 0.717) is 0 Å². The first-order valence-corrected chi connectivity index (χ1v) is 7.86. The van der Waals surface area contributed by atoms with Crippen LogP contribution in [-0.4, -0.2) is 21.5 Å². The monoisotopic (exact) mass is 302 g/mol. The van der Waals surface area contributed by atoms with E-state index in [1.165, 1.54) is 0 Å². The highest BCUT2D eigenvalue weighted by atomic mass is 32.1. The topological polar surface area (TPSA) is 73.6 Å². The summed E-state index contributed by atoms with van der Waals surface area (Å²) < 4.78 is 0. The van der Waals surface area contributed by atoms with E-state index in [0.717, 1.165) is 40.3 Å². The first-order valence-electron chi connectivity index (χ1n) is 6.98. The number of aromatic nitrogens is 3. The van der Waals surface area contributed by atoms with Crippen molar-refractivity contribution in [3.63, 3.8) is 0 Å². The average molecular weight is 302 g/mol. The number of aryl methyl sites for hydroxylation is 1. The van der Waals surface area contributed by atoms with Crippen molar-refractivity contribution in [2.45, 2.75) is 26.3 Å². The summed E-state index contributed by atoms with van der Waals surface area (Å²) in [5.74, 6) is 0. The normalized spacial score (nSPS) is 12.9. The number of nitrogens with zero attached hydrogens (tertiary/aromatic N) is 1. The summed E-state index contributed by atoms with van der Waals surface area (Å²) in [7, 11) is 0. The Hall–Kier alpha value is -1.92. The molecule has 1 atom stereocenters. The summed E-state index contributed by atoms with van der Waals surface area (Å²) in [4.78, 5) is 21.3. The molecule has 0 saturated carbocycles. The maximum atomic E-state index is 11.3. The third-order valence-corrected chi connectivity index (χ3v) is 4.52. The number of H-pyrrole nitrogens is 2. The van der Waals surface area contributed by atoms with Crippen molar-refractivity contribution < 1.29 is 0 Å². The van der Waals surface area contributed by atoms with Crippen LogP contribution < -0.4 is 11.0 Å². The standard InChI is InChI=1S/C15H18N4OS/c1-9-8-21-14(17-9)5-6-16-10(2)11-3-4-12-13(7-11)19-15(20)18-12/h3-4,7-8,10,16H,5-6H2,1-2H3,(H2,18,19,20). The number of hydrogen-bond donors (Lipinski definition) is 3. The lowest BCUT2D eigenvalue weighted by molar-refractivity contribution is 0.576. The Morgan fingerprint density at radius 2 is 2.14 bits per heavy atom. The quantitative estimate of drug-likeness (QED) is 0.678. The highest BCUT2D eigenvalue weighted by Gasteiger charge is 2.07. The summed E-state index contributed by atoms with van der Waals surface area (Å²) in [5.41, 5.74) is 3.77. The molecule has 2 aromatic heterocycles. The molecule has 0 aliphatic carbocycles. The Labute approximate surface area is 126 Å². The molecule has 0 aliphatic heterocycles. The van der Waals surface area contributed by atoms with Gasteiger partial charge < -0.3 is 15.3 Å². The number of benzene rings is 1. The minimum atomic E-state index is -0.165. The highest BCUT2D eigenvalue weighted by Crippen LogP contribution is 2.17. The maximum Gasteiger partial charge on any atom is 0.323 e. The zero-order valence-corrected chi connectivity index (χ0v) is 12.9. The van der Waals surface area contributed by atoms with Crippen LogP contribution in [0.5, 0.6) is 0 Å². The molecule has 3 rings (SSSR count). The molecule has 21 heavy (non-hydrogen) atoms. The second-order valence-electron chi connectivity index (χ2n) is 5.19. The number of rotatable bonds is 5. The molecular weight excluding hydrogens is 284 g/mol. The van der Waals surface area contributed by atoms with Crippen LogP contribution in [0.4, 0.5) is 0 Å². The van der Waals surface area contributed by atoms with Gasteiger partial charge in [0.25, 0.3) is 0 Å². The number of fused-ring (bicyclic) bond motifs is 1. The smallest absolute Gasteiger partial charge is 0.310 e. The lowest BCUT2D eigenvalue weighted by Crippen LogP contribution is -2.21. The zero-order valence-electron chi connectivity index (χ0n) is 12.1. The van der Waals surface area contributed by atoms with Crippen molar-refractivity contribution in [2.24, 2.45) is 0 Å². The first kappa shape index (κ1) is 14.0. The van der Waals surface area contributed by atoms with Crippen molar-refractivity contribution >= 4 is 22.4 Å². The second-order valence-corrected chi connectivity index (χ2v) is 6.14. The van der Waals surface area contributed by atoms with Gasteiger partial charge in [-0.15, -0.1) is 11.3 Å². The van der Waals surface area contributed by atoms with E-state index in [-0.39, 0.29) is 11.7 Å². The van der Waals surface area contributed by atoms with Gasteiger partial charge in [0.1, 0.15) is 0 Å². The molecule has 0 radical (unpaired) electrons. The molecule has 0 saturated heterocycles. The van der Waals surface area contributed by atoms with E-state index in [4.69, 9.17) is 0 Å². The number of thiazole rings is 1. The number of aromatic amines is 2. The molecule has 3 N–H and O–H groups in total. The zero-order chi connectivity index (χ0) is 14.8. The molecule has 6 heteroatoms. The Balaban J connectivity index is 1.63. The molecule has 2 heterocycles. The van der Waals surface area contributed by atoms with E-state index in [9.17, 15) is 4.79 Å². The first-order chi connectivity index (χ1) is 10.1. The molecule has 3 aromatic rings. The van der Waals surface area contributed by atoms with E-state index in [1.54, 1.807) is 11.3 Å². The molecule has 0 bridgehead atoms. The Morgan fingerprint density at radius 3 is 2.90 bits per heavy atom. The van der Waals surface area contributed by atoms with Crippen LogP contribution in [-0.2, 0) is 6.42 Å². The van der Waals surface area contributed by atoms with E-state index >= 15 is 0 Å².